The highest BCUT2D eigenvalue weighted by Gasteiger charge is 2.20. The molecule has 6 nitrogen and oxygen atoms in total. The van der Waals surface area contributed by atoms with Gasteiger partial charge in [-0.15, -0.1) is 10.2 Å². The Labute approximate surface area is 188 Å². The molecule has 1 amide bonds. The van der Waals surface area contributed by atoms with Crippen molar-refractivity contribution in [2.24, 2.45) is 0 Å². The molecule has 3 rings (SSSR count). The molecule has 0 aliphatic heterocycles. The first-order valence-corrected chi connectivity index (χ1v) is 11.4. The SMILES string of the molecule is CCn1c(SCC(=O)Nc2c(C)cccc2C)nnc1C(C)Oc1cccc(C)c1C. The fourth-order valence-electron chi connectivity index (χ4n) is 3.42. The van der Waals surface area contributed by atoms with Crippen LogP contribution in [0.25, 0.3) is 0 Å². The van der Waals surface area contributed by atoms with E-state index in [0.29, 0.717) is 11.7 Å². The Bertz CT molecular complexity index is 1060. The summed E-state index contributed by atoms with van der Waals surface area (Å²) in [5, 5.41) is 12.4. The number of nitrogens with one attached hydrogen (secondary N) is 1. The van der Waals surface area contributed by atoms with Crippen LogP contribution in [0.3, 0.4) is 0 Å². The Morgan fingerprint density at radius 1 is 1.06 bits per heavy atom. The zero-order valence-electron chi connectivity index (χ0n) is 19.0. The highest BCUT2D eigenvalue weighted by Crippen LogP contribution is 2.28. The molecule has 1 aromatic heterocycles. The molecule has 0 aliphatic rings. The van der Waals surface area contributed by atoms with Crippen molar-refractivity contribution in [1.29, 1.82) is 0 Å². The van der Waals surface area contributed by atoms with E-state index in [-0.39, 0.29) is 17.8 Å². The predicted octanol–water partition coefficient (Wildman–Crippen LogP) is 5.40. The van der Waals surface area contributed by atoms with E-state index < -0.39 is 0 Å². The number of aryl methyl sites for hydroxylation is 3. The molecule has 2 aromatic carbocycles. The van der Waals surface area contributed by atoms with Crippen molar-refractivity contribution >= 4 is 23.4 Å². The molecule has 164 valence electrons. The first-order valence-electron chi connectivity index (χ1n) is 10.5. The average molecular weight is 439 g/mol. The number of para-hydroxylation sites is 1. The molecule has 3 aromatic rings. The third-order valence-electron chi connectivity index (χ3n) is 5.36. The molecule has 0 saturated heterocycles. The molecule has 1 heterocycles. The number of carbonyl (C=O) groups is 1. The Kier molecular flexibility index (Phi) is 7.38. The number of ether oxygens (including phenoxy) is 1. The quantitative estimate of drug-likeness (QED) is 0.477. The number of benzene rings is 2. The van der Waals surface area contributed by atoms with E-state index in [1.165, 1.54) is 17.3 Å². The molecule has 0 radical (unpaired) electrons. The van der Waals surface area contributed by atoms with E-state index in [1.807, 2.05) is 62.6 Å². The highest BCUT2D eigenvalue weighted by molar-refractivity contribution is 7.99. The number of amides is 1. The lowest BCUT2D eigenvalue weighted by molar-refractivity contribution is -0.113. The van der Waals surface area contributed by atoms with Gasteiger partial charge in [0.25, 0.3) is 0 Å². The van der Waals surface area contributed by atoms with Crippen molar-refractivity contribution in [3.05, 3.63) is 64.5 Å². The number of carbonyl (C=O) groups excluding carboxylic acids is 1. The highest BCUT2D eigenvalue weighted by atomic mass is 32.2. The first-order chi connectivity index (χ1) is 14.8. The number of hydrogen-bond donors (Lipinski definition) is 1. The van der Waals surface area contributed by atoms with E-state index in [1.54, 1.807) is 0 Å². The number of aromatic nitrogens is 3. The molecule has 0 bridgehead atoms. The summed E-state index contributed by atoms with van der Waals surface area (Å²) in [6, 6.07) is 12.0. The summed E-state index contributed by atoms with van der Waals surface area (Å²) in [4.78, 5) is 12.5. The minimum atomic E-state index is -0.259. The Morgan fingerprint density at radius 2 is 1.71 bits per heavy atom. The molecule has 1 N–H and O–H groups in total. The predicted molar refractivity (Wildman–Crippen MR) is 126 cm³/mol. The Hall–Kier alpha value is -2.80. The van der Waals surface area contributed by atoms with Crippen LogP contribution in [-0.2, 0) is 11.3 Å². The minimum Gasteiger partial charge on any atom is -0.482 e. The summed E-state index contributed by atoms with van der Waals surface area (Å²) in [5.41, 5.74) is 5.29. The lowest BCUT2D eigenvalue weighted by atomic mass is 10.1. The van der Waals surface area contributed by atoms with Gasteiger partial charge in [0.2, 0.25) is 5.91 Å². The number of anilines is 1. The molecule has 0 fully saturated rings. The van der Waals surface area contributed by atoms with E-state index in [9.17, 15) is 4.79 Å². The zero-order valence-corrected chi connectivity index (χ0v) is 19.8. The van der Waals surface area contributed by atoms with Crippen molar-refractivity contribution in [1.82, 2.24) is 14.8 Å². The summed E-state index contributed by atoms with van der Waals surface area (Å²) < 4.78 is 8.19. The molecule has 31 heavy (non-hydrogen) atoms. The van der Waals surface area contributed by atoms with E-state index in [0.717, 1.165) is 34.0 Å². The topological polar surface area (TPSA) is 69.0 Å². The molecule has 0 saturated carbocycles. The smallest absolute Gasteiger partial charge is 0.234 e. The monoisotopic (exact) mass is 438 g/mol. The van der Waals surface area contributed by atoms with Crippen molar-refractivity contribution in [2.75, 3.05) is 11.1 Å². The maximum atomic E-state index is 12.5. The van der Waals surface area contributed by atoms with Crippen molar-refractivity contribution in [2.45, 2.75) is 59.3 Å². The number of rotatable bonds is 8. The van der Waals surface area contributed by atoms with Crippen molar-refractivity contribution in [3.8, 4) is 5.75 Å². The van der Waals surface area contributed by atoms with Crippen molar-refractivity contribution in [3.63, 3.8) is 0 Å². The van der Waals surface area contributed by atoms with Gasteiger partial charge in [-0.3, -0.25) is 4.79 Å². The largest absolute Gasteiger partial charge is 0.482 e. The molecule has 1 unspecified atom stereocenters. The number of nitrogens with zero attached hydrogens (tertiary/aromatic N) is 3. The first kappa shape index (κ1) is 22.9. The second-order valence-corrected chi connectivity index (χ2v) is 8.59. The van der Waals surface area contributed by atoms with E-state index >= 15 is 0 Å². The van der Waals surface area contributed by atoms with Crippen LogP contribution < -0.4 is 10.1 Å². The van der Waals surface area contributed by atoms with Gasteiger partial charge in [-0.2, -0.15) is 0 Å². The van der Waals surface area contributed by atoms with Gasteiger partial charge in [0.15, 0.2) is 17.1 Å². The molecular formula is C24H30N4O2S. The second kappa shape index (κ2) is 10.0. The summed E-state index contributed by atoms with van der Waals surface area (Å²) in [6.45, 7) is 12.8. The Balaban J connectivity index is 1.68. The van der Waals surface area contributed by atoms with Crippen LogP contribution in [0.2, 0.25) is 0 Å². The zero-order chi connectivity index (χ0) is 22.5. The van der Waals surface area contributed by atoms with Crippen LogP contribution in [0.4, 0.5) is 5.69 Å². The summed E-state index contributed by atoms with van der Waals surface area (Å²) in [7, 11) is 0. The van der Waals surface area contributed by atoms with Gasteiger partial charge in [-0.25, -0.2) is 0 Å². The molecule has 7 heteroatoms. The maximum Gasteiger partial charge on any atom is 0.234 e. The van der Waals surface area contributed by atoms with Crippen LogP contribution in [0.1, 0.15) is 48.0 Å². The van der Waals surface area contributed by atoms with Gasteiger partial charge in [0, 0.05) is 12.2 Å². The summed E-state index contributed by atoms with van der Waals surface area (Å²) in [6.07, 6.45) is -0.259. The number of hydrogen-bond acceptors (Lipinski definition) is 5. The van der Waals surface area contributed by atoms with Crippen LogP contribution in [0, 0.1) is 27.7 Å². The maximum absolute atomic E-state index is 12.5. The van der Waals surface area contributed by atoms with Crippen LogP contribution >= 0.6 is 11.8 Å². The third kappa shape index (κ3) is 5.28. The van der Waals surface area contributed by atoms with Gasteiger partial charge in [-0.1, -0.05) is 42.1 Å². The van der Waals surface area contributed by atoms with Gasteiger partial charge in [0.1, 0.15) is 5.75 Å². The van der Waals surface area contributed by atoms with Gasteiger partial charge in [0.05, 0.1) is 5.75 Å². The molecular weight excluding hydrogens is 408 g/mol. The third-order valence-corrected chi connectivity index (χ3v) is 6.33. The normalized spacial score (nSPS) is 11.9. The lowest BCUT2D eigenvalue weighted by Crippen LogP contribution is -2.16. The van der Waals surface area contributed by atoms with Crippen LogP contribution in [0.15, 0.2) is 41.6 Å². The number of thioether (sulfide) groups is 1. The van der Waals surface area contributed by atoms with Gasteiger partial charge >= 0.3 is 0 Å². The van der Waals surface area contributed by atoms with Crippen molar-refractivity contribution < 1.29 is 9.53 Å². The molecule has 0 aliphatic carbocycles. The molecule has 0 spiro atoms. The van der Waals surface area contributed by atoms with E-state index in [4.69, 9.17) is 4.74 Å². The Morgan fingerprint density at radius 3 is 2.39 bits per heavy atom. The second-order valence-electron chi connectivity index (χ2n) is 7.65. The fraction of sp³-hybridized carbons (Fsp3) is 0.375. The lowest BCUT2D eigenvalue weighted by Gasteiger charge is -2.17. The fourth-order valence-corrected chi connectivity index (χ4v) is 4.23. The van der Waals surface area contributed by atoms with Gasteiger partial charge in [-0.05, 0) is 69.9 Å². The van der Waals surface area contributed by atoms with Gasteiger partial charge < -0.3 is 14.6 Å². The summed E-state index contributed by atoms with van der Waals surface area (Å²) >= 11 is 1.38. The molecule has 1 atom stereocenters. The minimum absolute atomic E-state index is 0.0608. The van der Waals surface area contributed by atoms with E-state index in [2.05, 4.69) is 35.4 Å². The summed E-state index contributed by atoms with van der Waals surface area (Å²) in [5.74, 6) is 1.80. The van der Waals surface area contributed by atoms with Crippen LogP contribution in [-0.4, -0.2) is 26.4 Å². The standard InChI is InChI=1S/C24H30N4O2S/c1-7-28-23(19(6)30-20-13-9-10-15(2)18(20)5)26-27-24(28)31-14-21(29)25-22-16(3)11-8-12-17(22)4/h8-13,19H,7,14H2,1-6H3,(H,25,29). The van der Waals surface area contributed by atoms with Crippen LogP contribution in [0.5, 0.6) is 5.75 Å². The average Bonchev–Trinajstić information content (AvgIpc) is 3.15.